The molecular formula is C43H50NiP2. The van der Waals surface area contributed by atoms with E-state index in [1.807, 2.05) is 0 Å². The van der Waals surface area contributed by atoms with E-state index in [0.717, 1.165) is 0 Å². The van der Waals surface area contributed by atoms with Crippen molar-refractivity contribution in [2.45, 2.75) is 57.8 Å². The first kappa shape index (κ1) is 37.6. The minimum Gasteiger partial charge on any atom is -0.0882 e. The standard InChI is InChI=1S/C27H26P2.2C8H12.Ni/c1-5-14-24(15-6-1)28(25-16-7-2-8-17-25)22-13-23-29(26-18-9-3-10-19-26)27-20-11-4-12-21-27;2*1-2-4-6-8-7-5-3-1;/h1-12,14-21H,13,22-23H2;2*1-2,7-8H,3-6H2;/b;2*2-1-,8-7-;. The molecule has 0 fully saturated rings. The molecule has 4 aromatic rings. The van der Waals surface area contributed by atoms with Crippen LogP contribution in [0.2, 0.25) is 0 Å². The first-order valence-corrected chi connectivity index (χ1v) is 19.8. The van der Waals surface area contributed by atoms with Crippen molar-refractivity contribution in [3.63, 3.8) is 0 Å². The van der Waals surface area contributed by atoms with Crippen molar-refractivity contribution in [3.05, 3.63) is 170 Å². The maximum Gasteiger partial charge on any atom is 0 e. The van der Waals surface area contributed by atoms with Gasteiger partial charge in [0, 0.05) is 16.5 Å². The molecule has 6 rings (SSSR count). The van der Waals surface area contributed by atoms with Gasteiger partial charge in [0.1, 0.15) is 0 Å². The van der Waals surface area contributed by atoms with E-state index in [1.165, 1.54) is 91.3 Å². The Labute approximate surface area is 292 Å². The summed E-state index contributed by atoms with van der Waals surface area (Å²) < 4.78 is 0. The topological polar surface area (TPSA) is 0 Å². The average Bonchev–Trinajstić information content (AvgIpc) is 3.07. The normalized spacial score (nSPS) is 16.7. The number of allylic oxidation sites excluding steroid dienone is 8. The van der Waals surface area contributed by atoms with Crippen LogP contribution in [0.4, 0.5) is 0 Å². The Morgan fingerprint density at radius 1 is 0.304 bits per heavy atom. The van der Waals surface area contributed by atoms with Gasteiger partial charge >= 0.3 is 0 Å². The SMILES string of the molecule is C1=C\CC/C=C\CC/1.C1=C\CC/C=C\CC/1.[Ni].c1ccc(P(CCCP(c2ccccc2)c2ccccc2)c2ccccc2)cc1. The largest absolute Gasteiger partial charge is 0.0882 e. The van der Waals surface area contributed by atoms with Gasteiger partial charge in [0.05, 0.1) is 0 Å². The van der Waals surface area contributed by atoms with Gasteiger partial charge in [-0.1, -0.05) is 170 Å². The van der Waals surface area contributed by atoms with E-state index in [-0.39, 0.29) is 32.3 Å². The Kier molecular flexibility index (Phi) is 20.0. The number of benzene rings is 4. The van der Waals surface area contributed by atoms with Crippen LogP contribution in [0.25, 0.3) is 0 Å². The zero-order chi connectivity index (χ0) is 31.0. The minimum absolute atomic E-state index is 0. The zero-order valence-electron chi connectivity index (χ0n) is 27.2. The second kappa shape index (κ2) is 24.4. The van der Waals surface area contributed by atoms with E-state index < -0.39 is 0 Å². The Bertz CT molecular complexity index is 1170. The van der Waals surface area contributed by atoms with Crippen LogP contribution in [0, 0.1) is 0 Å². The molecule has 0 saturated carbocycles. The summed E-state index contributed by atoms with van der Waals surface area (Å²) in [6, 6.07) is 44.3. The van der Waals surface area contributed by atoms with Gasteiger partial charge in [-0.25, -0.2) is 0 Å². The van der Waals surface area contributed by atoms with Gasteiger partial charge in [-0.3, -0.25) is 0 Å². The van der Waals surface area contributed by atoms with Crippen molar-refractivity contribution in [1.29, 1.82) is 0 Å². The molecule has 0 bridgehead atoms. The van der Waals surface area contributed by atoms with Crippen LogP contribution in [0.3, 0.4) is 0 Å². The zero-order valence-corrected chi connectivity index (χ0v) is 29.9. The van der Waals surface area contributed by atoms with Crippen LogP contribution in [0.1, 0.15) is 57.8 Å². The number of rotatable bonds is 8. The summed E-state index contributed by atoms with van der Waals surface area (Å²) in [5.74, 6) is 0. The fraction of sp³-hybridized carbons (Fsp3) is 0.256. The van der Waals surface area contributed by atoms with Gasteiger partial charge < -0.3 is 0 Å². The fourth-order valence-corrected chi connectivity index (χ4v) is 10.3. The molecule has 0 N–H and O–H groups in total. The molecule has 2 aliphatic carbocycles. The summed E-state index contributed by atoms with van der Waals surface area (Å²) in [6.07, 6.45) is 31.7. The maximum absolute atomic E-state index is 2.30. The average molecular weight is 688 g/mol. The molecule has 0 aliphatic heterocycles. The molecule has 0 heterocycles. The summed E-state index contributed by atoms with van der Waals surface area (Å²) in [4.78, 5) is 0. The summed E-state index contributed by atoms with van der Waals surface area (Å²) in [5, 5.41) is 5.94. The van der Waals surface area contributed by atoms with Crippen molar-refractivity contribution in [2.75, 3.05) is 12.3 Å². The van der Waals surface area contributed by atoms with Crippen LogP contribution in [-0.2, 0) is 16.5 Å². The molecule has 0 aromatic heterocycles. The van der Waals surface area contributed by atoms with Crippen LogP contribution in [0.15, 0.2) is 170 Å². The van der Waals surface area contributed by atoms with E-state index >= 15 is 0 Å². The molecule has 4 aromatic carbocycles. The quantitative estimate of drug-likeness (QED) is 0.0983. The molecule has 3 heteroatoms. The smallest absolute Gasteiger partial charge is 0 e. The van der Waals surface area contributed by atoms with Gasteiger partial charge in [-0.15, -0.1) is 0 Å². The molecule has 2 aliphatic rings. The summed E-state index contributed by atoms with van der Waals surface area (Å²) in [7, 11) is -0.618. The molecular weight excluding hydrogens is 637 g/mol. The second-order valence-corrected chi connectivity index (χ2v) is 15.9. The van der Waals surface area contributed by atoms with Crippen molar-refractivity contribution < 1.29 is 16.5 Å². The summed E-state index contributed by atoms with van der Waals surface area (Å²) >= 11 is 0. The molecule has 0 spiro atoms. The van der Waals surface area contributed by atoms with Gasteiger partial charge in [-0.05, 0) is 107 Å². The van der Waals surface area contributed by atoms with Crippen LogP contribution >= 0.6 is 15.8 Å². The third-order valence-electron chi connectivity index (χ3n) is 7.70. The monoisotopic (exact) mass is 686 g/mol. The molecule has 0 amide bonds. The molecule has 0 unspecified atom stereocenters. The minimum atomic E-state index is -0.309. The van der Waals surface area contributed by atoms with Gasteiger partial charge in [0.2, 0.25) is 0 Å². The van der Waals surface area contributed by atoms with Crippen LogP contribution in [0.5, 0.6) is 0 Å². The van der Waals surface area contributed by atoms with E-state index in [1.54, 1.807) is 0 Å². The Hall–Kier alpha value is -2.81. The number of hydrogen-bond donors (Lipinski definition) is 0. The predicted octanol–water partition coefficient (Wildman–Crippen LogP) is 11.0. The van der Waals surface area contributed by atoms with E-state index in [4.69, 9.17) is 0 Å². The molecule has 242 valence electrons. The van der Waals surface area contributed by atoms with E-state index in [9.17, 15) is 0 Å². The van der Waals surface area contributed by atoms with Gasteiger partial charge in [0.25, 0.3) is 0 Å². The first-order valence-electron chi connectivity index (χ1n) is 16.8. The van der Waals surface area contributed by atoms with Gasteiger partial charge in [-0.2, -0.15) is 0 Å². The number of hydrogen-bond acceptors (Lipinski definition) is 0. The van der Waals surface area contributed by atoms with Crippen LogP contribution in [-0.4, -0.2) is 12.3 Å². The third-order valence-corrected chi connectivity index (χ3v) is 12.9. The Morgan fingerprint density at radius 2 is 0.500 bits per heavy atom. The molecule has 46 heavy (non-hydrogen) atoms. The van der Waals surface area contributed by atoms with Crippen molar-refractivity contribution in [2.24, 2.45) is 0 Å². The van der Waals surface area contributed by atoms with Gasteiger partial charge in [0.15, 0.2) is 0 Å². The van der Waals surface area contributed by atoms with E-state index in [0.29, 0.717) is 0 Å². The van der Waals surface area contributed by atoms with E-state index in [2.05, 4.69) is 170 Å². The molecule has 0 nitrogen and oxygen atoms in total. The first-order chi connectivity index (χ1) is 22.4. The molecule has 0 saturated heterocycles. The second-order valence-electron chi connectivity index (χ2n) is 11.2. The predicted molar refractivity (Wildman–Crippen MR) is 206 cm³/mol. The Morgan fingerprint density at radius 3 is 0.696 bits per heavy atom. The maximum atomic E-state index is 2.30. The summed E-state index contributed by atoms with van der Waals surface area (Å²) in [6.45, 7) is 0. The third kappa shape index (κ3) is 14.7. The van der Waals surface area contributed by atoms with Crippen molar-refractivity contribution >= 4 is 37.1 Å². The molecule has 0 radical (unpaired) electrons. The van der Waals surface area contributed by atoms with Crippen molar-refractivity contribution in [1.82, 2.24) is 0 Å². The summed E-state index contributed by atoms with van der Waals surface area (Å²) in [5.41, 5.74) is 0. The Balaban J connectivity index is 0.000000276. The fourth-order valence-electron chi connectivity index (χ4n) is 5.35. The van der Waals surface area contributed by atoms with Crippen LogP contribution < -0.4 is 21.2 Å². The molecule has 0 atom stereocenters. The van der Waals surface area contributed by atoms with Crippen molar-refractivity contribution in [3.8, 4) is 0 Å².